The summed E-state index contributed by atoms with van der Waals surface area (Å²) < 4.78 is 1.50. The summed E-state index contributed by atoms with van der Waals surface area (Å²) >= 11 is 1.96. The fourth-order valence-corrected chi connectivity index (χ4v) is 0.315. The zero-order valence-corrected chi connectivity index (χ0v) is 6.16. The Morgan fingerprint density at radius 2 is 2.43 bits per heavy atom. The molecule has 0 aromatic rings. The summed E-state index contributed by atoms with van der Waals surface area (Å²) in [6, 6.07) is 0. The molecule has 0 atom stereocenters. The first-order chi connectivity index (χ1) is 3.31. The number of hydrogen-bond acceptors (Lipinski definition) is 2. The molecule has 7 heavy (non-hydrogen) atoms. The molecule has 0 radical (unpaired) electrons. The van der Waals surface area contributed by atoms with Gasteiger partial charge < -0.3 is 0 Å². The predicted molar refractivity (Wildman–Crippen MR) is 36.8 cm³/mol. The van der Waals surface area contributed by atoms with Gasteiger partial charge in [0.15, 0.2) is 0 Å². The van der Waals surface area contributed by atoms with Crippen molar-refractivity contribution >= 4 is 22.9 Å². The van der Waals surface area contributed by atoms with Crippen LogP contribution >= 0.6 is 22.9 Å². The van der Waals surface area contributed by atoms with Crippen molar-refractivity contribution in [1.82, 2.24) is 3.22 Å². The van der Waals surface area contributed by atoms with Crippen molar-refractivity contribution in [3.05, 3.63) is 12.8 Å². The molecule has 0 heterocycles. The molecular weight excluding hydrogens is 205 g/mol. The maximum Gasteiger partial charge on any atom is 0.0862 e. The molecule has 0 spiro atoms. The summed E-state index contributed by atoms with van der Waals surface area (Å²) in [5.41, 5.74) is 0. The quantitative estimate of drug-likeness (QED) is 0.296. The van der Waals surface area contributed by atoms with E-state index < -0.39 is 0 Å². The van der Waals surface area contributed by atoms with E-state index >= 15 is 0 Å². The van der Waals surface area contributed by atoms with Gasteiger partial charge in [-0.05, 0) is 0 Å². The topological polar surface area (TPSA) is 28.0 Å². The van der Waals surface area contributed by atoms with Gasteiger partial charge in [-0.1, -0.05) is 11.8 Å². The van der Waals surface area contributed by atoms with Crippen LogP contribution in [0.5, 0.6) is 0 Å². The van der Waals surface area contributed by atoms with Crippen molar-refractivity contribution in [3.63, 3.8) is 0 Å². The minimum absolute atomic E-state index is 1.50. The van der Waals surface area contributed by atoms with Gasteiger partial charge in [0.05, 0.1) is 29.9 Å². The van der Waals surface area contributed by atoms with Gasteiger partial charge in [0.2, 0.25) is 0 Å². The zero-order valence-electron chi connectivity index (χ0n) is 4.00. The second-order valence-corrected chi connectivity index (χ2v) is 1.75. The largest absolute Gasteiger partial charge is 0.194 e. The van der Waals surface area contributed by atoms with Crippen molar-refractivity contribution in [3.8, 4) is 0 Å². The molecule has 0 fully saturated rings. The number of rotatable bonds is 2. The fraction of sp³-hybridized carbons (Fsp3) is 0.333. The highest BCUT2D eigenvalue weighted by molar-refractivity contribution is 14.1. The summed E-state index contributed by atoms with van der Waals surface area (Å²) in [4.78, 5) is 0. The van der Waals surface area contributed by atoms with E-state index in [0.717, 1.165) is 0 Å². The second-order valence-electron chi connectivity index (χ2n) is 0.761. The van der Waals surface area contributed by atoms with E-state index in [4.69, 9.17) is 0 Å². The van der Waals surface area contributed by atoms with Crippen molar-refractivity contribution < 1.29 is 0 Å². The summed E-state index contributed by atoms with van der Waals surface area (Å²) in [6.45, 7) is 3.44. The Morgan fingerprint density at radius 3 is 2.57 bits per heavy atom. The predicted octanol–water partition coefficient (Wildman–Crippen LogP) is 1.78. The van der Waals surface area contributed by atoms with Crippen molar-refractivity contribution in [2.24, 2.45) is 10.3 Å². The Kier molecular flexibility index (Phi) is 3.97. The Hall–Kier alpha value is -0.130. The molecule has 40 valence electrons. The van der Waals surface area contributed by atoms with Crippen LogP contribution in [0, 0.1) is 0 Å². The maximum absolute atomic E-state index is 3.57. The van der Waals surface area contributed by atoms with Gasteiger partial charge in [-0.15, -0.1) is 0 Å². The van der Waals surface area contributed by atoms with E-state index in [2.05, 4.69) is 16.9 Å². The highest BCUT2D eigenvalue weighted by Crippen LogP contribution is 1.97. The van der Waals surface area contributed by atoms with Crippen LogP contribution < -0.4 is 0 Å². The minimum atomic E-state index is 1.50. The van der Waals surface area contributed by atoms with E-state index in [1.807, 2.05) is 22.9 Å². The Bertz CT molecular complexity index is 80.2. The van der Waals surface area contributed by atoms with Crippen LogP contribution in [-0.4, -0.2) is 10.3 Å². The molecular formula is C3H6IN3. The third kappa shape index (κ3) is 3.71. The molecule has 0 amide bonds. The molecule has 0 unspecified atom stereocenters. The first kappa shape index (κ1) is 6.87. The standard InChI is InChI=1S/C3H6IN3/c1-3-7(4)6-5-2/h3H,1H2,2H3. The lowest BCUT2D eigenvalue weighted by molar-refractivity contribution is 0.664. The van der Waals surface area contributed by atoms with Gasteiger partial charge in [0.25, 0.3) is 0 Å². The van der Waals surface area contributed by atoms with Gasteiger partial charge in [-0.2, -0.15) is 8.34 Å². The fourth-order valence-electron chi connectivity index (χ4n) is 0.122. The summed E-state index contributed by atoms with van der Waals surface area (Å²) in [5, 5.41) is 7.05. The van der Waals surface area contributed by atoms with Crippen molar-refractivity contribution in [2.75, 3.05) is 7.05 Å². The molecule has 0 N–H and O–H groups in total. The van der Waals surface area contributed by atoms with E-state index in [0.29, 0.717) is 0 Å². The molecule has 0 aromatic heterocycles. The van der Waals surface area contributed by atoms with Gasteiger partial charge in [0.1, 0.15) is 0 Å². The minimum Gasteiger partial charge on any atom is -0.194 e. The lowest BCUT2D eigenvalue weighted by Gasteiger charge is -1.94. The smallest absolute Gasteiger partial charge is 0.0862 e. The molecule has 0 saturated heterocycles. The Morgan fingerprint density at radius 1 is 1.86 bits per heavy atom. The van der Waals surface area contributed by atoms with E-state index in [1.165, 1.54) is 3.22 Å². The van der Waals surface area contributed by atoms with E-state index in [1.54, 1.807) is 13.2 Å². The lowest BCUT2D eigenvalue weighted by Crippen LogP contribution is -1.85. The van der Waals surface area contributed by atoms with Crippen LogP contribution in [0.2, 0.25) is 0 Å². The van der Waals surface area contributed by atoms with Gasteiger partial charge in [-0.25, -0.2) is 0 Å². The molecule has 4 heteroatoms. The monoisotopic (exact) mass is 211 g/mol. The first-order valence-corrected chi connectivity index (χ1v) is 2.65. The number of hydrogen-bond donors (Lipinski definition) is 0. The van der Waals surface area contributed by atoms with Crippen LogP contribution in [0.3, 0.4) is 0 Å². The Labute approximate surface area is 56.6 Å². The van der Waals surface area contributed by atoms with Gasteiger partial charge >= 0.3 is 0 Å². The molecule has 0 aromatic carbocycles. The maximum atomic E-state index is 3.57. The summed E-state index contributed by atoms with van der Waals surface area (Å²) in [6.07, 6.45) is 1.56. The van der Waals surface area contributed by atoms with E-state index in [9.17, 15) is 0 Å². The van der Waals surface area contributed by atoms with Crippen LogP contribution in [0.4, 0.5) is 0 Å². The zero-order chi connectivity index (χ0) is 5.70. The van der Waals surface area contributed by atoms with Crippen LogP contribution in [0.15, 0.2) is 23.1 Å². The molecule has 0 bridgehead atoms. The van der Waals surface area contributed by atoms with Crippen molar-refractivity contribution in [1.29, 1.82) is 0 Å². The highest BCUT2D eigenvalue weighted by atomic mass is 127. The number of nitrogens with zero attached hydrogens (tertiary/aromatic N) is 3. The first-order valence-electron chi connectivity index (χ1n) is 1.68. The SMILES string of the molecule is C=CN(I)N=NC. The third-order valence-corrected chi connectivity index (χ3v) is 0.912. The van der Waals surface area contributed by atoms with Crippen LogP contribution in [0.25, 0.3) is 0 Å². The highest BCUT2D eigenvalue weighted by Gasteiger charge is 1.77. The average molecular weight is 211 g/mol. The summed E-state index contributed by atoms with van der Waals surface area (Å²) in [7, 11) is 1.61. The van der Waals surface area contributed by atoms with Crippen LogP contribution in [-0.2, 0) is 0 Å². The Balaban J connectivity index is 3.35. The lowest BCUT2D eigenvalue weighted by atomic mass is 11.1. The molecule has 0 aliphatic heterocycles. The average Bonchev–Trinajstić information content (AvgIpc) is 1.68. The van der Waals surface area contributed by atoms with Gasteiger partial charge in [-0.3, -0.25) is 0 Å². The number of halogens is 1. The van der Waals surface area contributed by atoms with E-state index in [-0.39, 0.29) is 0 Å². The molecule has 0 saturated carbocycles. The molecule has 0 rings (SSSR count). The summed E-state index contributed by atoms with van der Waals surface area (Å²) in [5.74, 6) is 0. The van der Waals surface area contributed by atoms with Crippen molar-refractivity contribution in [2.45, 2.75) is 0 Å². The molecule has 0 aliphatic rings. The van der Waals surface area contributed by atoms with Gasteiger partial charge in [0, 0.05) is 6.20 Å². The molecule has 3 nitrogen and oxygen atoms in total. The molecule has 0 aliphatic carbocycles. The van der Waals surface area contributed by atoms with Crippen LogP contribution in [0.1, 0.15) is 0 Å². The normalized spacial score (nSPS) is 9.43. The second kappa shape index (κ2) is 4.04. The third-order valence-electron chi connectivity index (χ3n) is 0.326.